The van der Waals surface area contributed by atoms with Crippen molar-refractivity contribution in [1.29, 1.82) is 0 Å². The van der Waals surface area contributed by atoms with E-state index >= 15 is 0 Å². The number of hydrogen-bond acceptors (Lipinski definition) is 3. The van der Waals surface area contributed by atoms with Crippen molar-refractivity contribution >= 4 is 18.3 Å². The molecule has 22 heavy (non-hydrogen) atoms. The van der Waals surface area contributed by atoms with E-state index in [-0.39, 0.29) is 30.5 Å². The Morgan fingerprint density at radius 1 is 1.23 bits per heavy atom. The molecule has 0 radical (unpaired) electrons. The van der Waals surface area contributed by atoms with Crippen molar-refractivity contribution in [3.05, 3.63) is 0 Å². The number of rotatable bonds is 5. The van der Waals surface area contributed by atoms with Crippen molar-refractivity contribution in [3.63, 3.8) is 0 Å². The lowest BCUT2D eigenvalue weighted by atomic mass is 9.92. The summed E-state index contributed by atoms with van der Waals surface area (Å²) in [7, 11) is 0. The van der Waals surface area contributed by atoms with Gasteiger partial charge in [-0.3, -0.25) is 4.79 Å². The van der Waals surface area contributed by atoms with Gasteiger partial charge in [0.25, 0.3) is 5.91 Å². The average Bonchev–Trinajstić information content (AvgIpc) is 2.53. The molecule has 0 aromatic carbocycles. The Labute approximate surface area is 141 Å². The lowest BCUT2D eigenvalue weighted by molar-refractivity contribution is -0.151. The normalized spacial score (nSPS) is 26.1. The number of amides is 1. The maximum absolute atomic E-state index is 12.7. The second kappa shape index (κ2) is 9.74. The summed E-state index contributed by atoms with van der Waals surface area (Å²) >= 11 is 0. The predicted molar refractivity (Wildman–Crippen MR) is 92.2 cm³/mol. The highest BCUT2D eigenvalue weighted by Gasteiger charge is 2.31. The molecule has 1 saturated carbocycles. The molecule has 0 aromatic rings. The van der Waals surface area contributed by atoms with Crippen LogP contribution in [0.4, 0.5) is 0 Å². The number of carbonyl (C=O) groups is 1. The molecule has 3 atom stereocenters. The summed E-state index contributed by atoms with van der Waals surface area (Å²) in [6, 6.07) is 0.167. The smallest absolute Gasteiger partial charge is 0.251 e. The molecular weight excluding hydrogens is 300 g/mol. The van der Waals surface area contributed by atoms with Gasteiger partial charge in [-0.25, -0.2) is 0 Å². The first-order valence-electron chi connectivity index (χ1n) is 8.81. The van der Waals surface area contributed by atoms with E-state index in [0.717, 1.165) is 45.2 Å². The van der Waals surface area contributed by atoms with Gasteiger partial charge in [0, 0.05) is 19.1 Å². The molecule has 1 saturated heterocycles. The summed E-state index contributed by atoms with van der Waals surface area (Å²) in [4.78, 5) is 14.7. The average molecular weight is 333 g/mol. The Morgan fingerprint density at radius 2 is 1.91 bits per heavy atom. The fraction of sp³-hybridized carbons (Fsp3) is 0.941. The number of hydrogen-bond donors (Lipinski definition) is 1. The first-order chi connectivity index (χ1) is 10.1. The zero-order chi connectivity index (χ0) is 15.2. The van der Waals surface area contributed by atoms with Crippen LogP contribution in [0.25, 0.3) is 0 Å². The van der Waals surface area contributed by atoms with E-state index in [1.54, 1.807) is 0 Å². The van der Waals surface area contributed by atoms with Crippen LogP contribution in [-0.2, 0) is 9.53 Å². The summed E-state index contributed by atoms with van der Waals surface area (Å²) in [5.74, 6) is 0.628. The Kier molecular flexibility index (Phi) is 8.73. The number of nitrogens with two attached hydrogens (primary N) is 1. The van der Waals surface area contributed by atoms with E-state index in [0.29, 0.717) is 12.0 Å². The van der Waals surface area contributed by atoms with E-state index in [1.165, 1.54) is 19.3 Å². The van der Waals surface area contributed by atoms with Gasteiger partial charge in [-0.2, -0.15) is 0 Å². The minimum Gasteiger partial charge on any atom is -0.365 e. The molecule has 0 spiro atoms. The molecule has 130 valence electrons. The molecule has 2 N–H and O–H groups in total. The van der Waals surface area contributed by atoms with Gasteiger partial charge in [0.15, 0.2) is 0 Å². The zero-order valence-electron chi connectivity index (χ0n) is 14.1. The van der Waals surface area contributed by atoms with E-state index < -0.39 is 0 Å². The quantitative estimate of drug-likeness (QED) is 0.841. The predicted octanol–water partition coefficient (Wildman–Crippen LogP) is 3.12. The Morgan fingerprint density at radius 3 is 2.50 bits per heavy atom. The number of ether oxygens (including phenoxy) is 1. The molecule has 1 aliphatic heterocycles. The van der Waals surface area contributed by atoms with Crippen LogP contribution in [-0.4, -0.2) is 42.1 Å². The number of piperidine rings is 1. The van der Waals surface area contributed by atoms with Crippen LogP contribution in [0.1, 0.15) is 65.2 Å². The van der Waals surface area contributed by atoms with Crippen molar-refractivity contribution in [2.75, 3.05) is 13.1 Å². The van der Waals surface area contributed by atoms with Crippen molar-refractivity contribution in [1.82, 2.24) is 4.90 Å². The van der Waals surface area contributed by atoms with E-state index in [9.17, 15) is 4.79 Å². The third-order valence-electron chi connectivity index (χ3n) is 5.07. The summed E-state index contributed by atoms with van der Waals surface area (Å²) in [5, 5.41) is 0. The SMILES string of the molecule is CCC(OC1CCCCC1)C(=O)N1CCCC(C(C)N)C1.Cl. The lowest BCUT2D eigenvalue weighted by Gasteiger charge is -2.37. The topological polar surface area (TPSA) is 55.6 Å². The molecule has 2 fully saturated rings. The molecule has 1 aliphatic carbocycles. The van der Waals surface area contributed by atoms with Gasteiger partial charge in [0.1, 0.15) is 6.10 Å². The second-order valence-electron chi connectivity index (χ2n) is 6.84. The van der Waals surface area contributed by atoms with Gasteiger partial charge in [-0.15, -0.1) is 12.4 Å². The Bertz CT molecular complexity index is 333. The highest BCUT2D eigenvalue weighted by atomic mass is 35.5. The van der Waals surface area contributed by atoms with Crippen molar-refractivity contribution in [2.45, 2.75) is 83.5 Å². The molecular formula is C17H33ClN2O2. The van der Waals surface area contributed by atoms with Gasteiger partial charge in [0.2, 0.25) is 0 Å². The fourth-order valence-electron chi connectivity index (χ4n) is 3.61. The number of carbonyl (C=O) groups excluding carboxylic acids is 1. The maximum Gasteiger partial charge on any atom is 0.251 e. The van der Waals surface area contributed by atoms with Gasteiger partial charge in [-0.1, -0.05) is 26.2 Å². The summed E-state index contributed by atoms with van der Waals surface area (Å²) in [6.07, 6.45) is 9.05. The van der Waals surface area contributed by atoms with Crippen LogP contribution in [0.2, 0.25) is 0 Å². The highest BCUT2D eigenvalue weighted by molar-refractivity contribution is 5.85. The largest absolute Gasteiger partial charge is 0.365 e. The minimum atomic E-state index is -0.250. The van der Waals surface area contributed by atoms with E-state index in [4.69, 9.17) is 10.5 Å². The minimum absolute atomic E-state index is 0. The summed E-state index contributed by atoms with van der Waals surface area (Å²) in [5.41, 5.74) is 6.02. The molecule has 1 amide bonds. The third-order valence-corrected chi connectivity index (χ3v) is 5.07. The van der Waals surface area contributed by atoms with Crippen molar-refractivity contribution in [2.24, 2.45) is 11.7 Å². The molecule has 1 heterocycles. The molecule has 2 aliphatic rings. The number of likely N-dealkylation sites (tertiary alicyclic amines) is 1. The van der Waals surface area contributed by atoms with Crippen LogP contribution < -0.4 is 5.73 Å². The van der Waals surface area contributed by atoms with Gasteiger partial charge >= 0.3 is 0 Å². The molecule has 4 nitrogen and oxygen atoms in total. The maximum atomic E-state index is 12.7. The Balaban J connectivity index is 0.00000242. The summed E-state index contributed by atoms with van der Waals surface area (Å²) in [6.45, 7) is 5.78. The van der Waals surface area contributed by atoms with E-state index in [2.05, 4.69) is 13.8 Å². The summed E-state index contributed by atoms with van der Waals surface area (Å²) < 4.78 is 6.13. The Hall–Kier alpha value is -0.320. The standard InChI is InChI=1S/C17H32N2O2.ClH/c1-3-16(21-15-9-5-4-6-10-15)17(20)19-11-7-8-14(12-19)13(2)18;/h13-16H,3-12,18H2,1-2H3;1H. The third kappa shape index (κ3) is 5.39. The molecule has 0 bridgehead atoms. The second-order valence-corrected chi connectivity index (χ2v) is 6.84. The van der Waals surface area contributed by atoms with Gasteiger partial charge < -0.3 is 15.4 Å². The van der Waals surface area contributed by atoms with Gasteiger partial charge in [0.05, 0.1) is 6.10 Å². The number of nitrogens with zero attached hydrogens (tertiary/aromatic N) is 1. The van der Waals surface area contributed by atoms with Crippen LogP contribution in [0.15, 0.2) is 0 Å². The van der Waals surface area contributed by atoms with Crippen LogP contribution >= 0.6 is 12.4 Å². The first kappa shape index (κ1) is 19.7. The fourth-order valence-corrected chi connectivity index (χ4v) is 3.61. The monoisotopic (exact) mass is 332 g/mol. The molecule has 5 heteroatoms. The van der Waals surface area contributed by atoms with Crippen LogP contribution in [0.3, 0.4) is 0 Å². The molecule has 0 aromatic heterocycles. The first-order valence-corrected chi connectivity index (χ1v) is 8.81. The van der Waals surface area contributed by atoms with Gasteiger partial charge in [-0.05, 0) is 44.9 Å². The van der Waals surface area contributed by atoms with Crippen LogP contribution in [0.5, 0.6) is 0 Å². The van der Waals surface area contributed by atoms with Crippen molar-refractivity contribution in [3.8, 4) is 0 Å². The molecule has 3 unspecified atom stereocenters. The van der Waals surface area contributed by atoms with Crippen molar-refractivity contribution < 1.29 is 9.53 Å². The lowest BCUT2D eigenvalue weighted by Crippen LogP contribution is -2.49. The van der Waals surface area contributed by atoms with E-state index in [1.807, 2.05) is 4.90 Å². The number of halogens is 1. The highest BCUT2D eigenvalue weighted by Crippen LogP contribution is 2.24. The van der Waals surface area contributed by atoms with Crippen LogP contribution in [0, 0.1) is 5.92 Å². The molecule has 2 rings (SSSR count). The zero-order valence-corrected chi connectivity index (χ0v) is 14.9.